The Hall–Kier alpha value is -4.42. The molecule has 1 aromatic carbocycles. The number of benzene rings is 1. The number of rotatable bonds is 16. The van der Waals surface area contributed by atoms with Gasteiger partial charge in [0, 0.05) is 19.1 Å². The first-order valence-corrected chi connectivity index (χ1v) is 18.7. The molecule has 3 fully saturated rings. The first-order valence-electron chi connectivity index (χ1n) is 18.7. The van der Waals surface area contributed by atoms with E-state index in [1.54, 1.807) is 4.90 Å². The van der Waals surface area contributed by atoms with Gasteiger partial charge in [-0.2, -0.15) is 0 Å². The van der Waals surface area contributed by atoms with Crippen LogP contribution in [0.25, 0.3) is 0 Å². The summed E-state index contributed by atoms with van der Waals surface area (Å²) in [5.41, 5.74) is 2.01. The summed E-state index contributed by atoms with van der Waals surface area (Å²) in [6, 6.07) is 3.90. The largest absolute Gasteiger partial charge is 0.447 e. The minimum atomic E-state index is -1.01. The third-order valence-corrected chi connectivity index (χ3v) is 11.3. The van der Waals surface area contributed by atoms with Gasteiger partial charge in [-0.25, -0.2) is 9.59 Å². The van der Waals surface area contributed by atoms with Crippen molar-refractivity contribution in [3.05, 3.63) is 48.0 Å². The number of nitrogens with one attached hydrogen (secondary N) is 5. The minimum absolute atomic E-state index is 0.0592. The van der Waals surface area contributed by atoms with Crippen LogP contribution in [0.4, 0.5) is 9.59 Å². The van der Waals surface area contributed by atoms with Gasteiger partial charge in [0.25, 0.3) is 5.91 Å². The lowest BCUT2D eigenvalue weighted by Crippen LogP contribution is -2.61. The zero-order valence-electron chi connectivity index (χ0n) is 31.3. The Bertz CT molecular complexity index is 1530. The van der Waals surface area contributed by atoms with Crippen LogP contribution in [0.2, 0.25) is 0 Å². The Morgan fingerprint density at radius 1 is 0.962 bits per heavy atom. The molecule has 0 aromatic heterocycles. The van der Waals surface area contributed by atoms with E-state index in [9.17, 15) is 28.8 Å². The number of nitrogens with zero attached hydrogens (tertiary/aromatic N) is 1. The predicted molar refractivity (Wildman–Crippen MR) is 195 cm³/mol. The summed E-state index contributed by atoms with van der Waals surface area (Å²) < 4.78 is 5.37. The van der Waals surface area contributed by atoms with Crippen molar-refractivity contribution >= 4 is 35.6 Å². The van der Waals surface area contributed by atoms with Crippen molar-refractivity contribution in [2.24, 2.45) is 35.0 Å². The number of ether oxygens (including phenoxy) is 1. The van der Waals surface area contributed by atoms with Crippen LogP contribution in [0, 0.1) is 35.0 Å². The first kappa shape index (κ1) is 38.8. The van der Waals surface area contributed by atoms with E-state index in [0.29, 0.717) is 25.8 Å². The number of hydrogen-bond acceptors (Lipinski definition) is 7. The number of urea groups is 1. The number of hydrogen-bond donors (Lipinski definition) is 5. The van der Waals surface area contributed by atoms with Gasteiger partial charge in [-0.1, -0.05) is 70.9 Å². The second-order valence-electron chi connectivity index (χ2n) is 16.3. The second-order valence-corrected chi connectivity index (χ2v) is 16.3. The molecule has 284 valence electrons. The Kier molecular flexibility index (Phi) is 12.0. The van der Waals surface area contributed by atoms with E-state index in [1.165, 1.54) is 6.08 Å². The van der Waals surface area contributed by atoms with Crippen LogP contribution in [0.15, 0.2) is 36.9 Å². The number of amides is 6. The fourth-order valence-corrected chi connectivity index (χ4v) is 7.98. The van der Waals surface area contributed by atoms with Gasteiger partial charge in [0.05, 0.1) is 12.1 Å². The third kappa shape index (κ3) is 8.95. The SMILES string of the molecule is C=CCNC(=O)C(=O)C(CC1CC1)NC(=O)[C@@H]1[C@@H]2[C@H](CN1C(=O)[C@@H](NC(=O)N[C@H](COC(=O)NC(C)C)C(C)C)C1Cc3ccccc3C1)C2(C)C. The number of fused-ring (bicyclic) bond motifs is 2. The second kappa shape index (κ2) is 16.1. The van der Waals surface area contributed by atoms with Crippen molar-refractivity contribution in [3.63, 3.8) is 0 Å². The molecule has 1 saturated heterocycles. The number of carbonyl (C=O) groups is 6. The van der Waals surface area contributed by atoms with E-state index in [4.69, 9.17) is 4.74 Å². The molecule has 5 rings (SSSR count). The van der Waals surface area contributed by atoms with Crippen LogP contribution < -0.4 is 26.6 Å². The molecule has 3 aliphatic carbocycles. The van der Waals surface area contributed by atoms with Crippen molar-refractivity contribution in [1.29, 1.82) is 0 Å². The fourth-order valence-electron chi connectivity index (χ4n) is 7.98. The number of piperidine rings is 1. The van der Waals surface area contributed by atoms with Crippen LogP contribution in [-0.2, 0) is 36.8 Å². The number of alkyl carbamates (subject to hydrolysis) is 1. The van der Waals surface area contributed by atoms with Crippen molar-refractivity contribution in [1.82, 2.24) is 31.5 Å². The fraction of sp³-hybridized carbons (Fsp3) is 0.641. The molecule has 1 unspecified atom stereocenters. The summed E-state index contributed by atoms with van der Waals surface area (Å²) in [5.74, 6) is -2.51. The molecule has 1 heterocycles. The van der Waals surface area contributed by atoms with Crippen LogP contribution in [0.3, 0.4) is 0 Å². The van der Waals surface area contributed by atoms with E-state index in [1.807, 2.05) is 52.0 Å². The van der Waals surface area contributed by atoms with Gasteiger partial charge in [-0.15, -0.1) is 6.58 Å². The molecule has 52 heavy (non-hydrogen) atoms. The Morgan fingerprint density at radius 3 is 2.19 bits per heavy atom. The van der Waals surface area contributed by atoms with Gasteiger partial charge in [-0.05, 0) is 79.2 Å². The van der Waals surface area contributed by atoms with E-state index in [2.05, 4.69) is 47.0 Å². The minimum Gasteiger partial charge on any atom is -0.447 e. The summed E-state index contributed by atoms with van der Waals surface area (Å²) in [6.07, 6.45) is 4.24. The van der Waals surface area contributed by atoms with Gasteiger partial charge in [0.2, 0.25) is 17.6 Å². The molecule has 6 amide bonds. The number of likely N-dealkylation sites (tertiary alicyclic amines) is 1. The zero-order valence-corrected chi connectivity index (χ0v) is 31.3. The lowest BCUT2D eigenvalue weighted by molar-refractivity contribution is -0.144. The molecule has 0 radical (unpaired) electrons. The molecule has 0 spiro atoms. The van der Waals surface area contributed by atoms with Gasteiger partial charge < -0.3 is 36.2 Å². The molecule has 0 bridgehead atoms. The van der Waals surface area contributed by atoms with Crippen LogP contribution in [0.1, 0.15) is 71.9 Å². The van der Waals surface area contributed by atoms with Crippen LogP contribution in [0.5, 0.6) is 0 Å². The standard InChI is InChI=1S/C39H56N6O7/c1-8-15-40-35(48)33(46)28(16-23-13-14-23)42-34(47)32-30-27(39(30,6)7)19-45(32)36(49)31(26-17-24-11-9-10-12-25(24)18-26)44-37(50)43-29(21(2)3)20-52-38(51)41-22(4)5/h8-12,21-23,26-32H,1,13-20H2,2-7H3,(H,40,48)(H,41,51)(H,42,47)(H2,43,44,50)/t27-,28?,29+,30-,31-,32-/m0/s1. The van der Waals surface area contributed by atoms with Gasteiger partial charge in [0.15, 0.2) is 0 Å². The number of Topliss-reactive ketones (excluding diaryl/α,β-unsaturated/α-hetero) is 1. The smallest absolute Gasteiger partial charge is 0.407 e. The number of carbonyl (C=O) groups excluding carboxylic acids is 6. The molecular formula is C39H56N6O7. The molecule has 13 nitrogen and oxygen atoms in total. The Morgan fingerprint density at radius 2 is 1.62 bits per heavy atom. The van der Waals surface area contributed by atoms with Gasteiger partial charge in [0.1, 0.15) is 18.7 Å². The highest BCUT2D eigenvalue weighted by atomic mass is 16.5. The van der Waals surface area contributed by atoms with Gasteiger partial charge >= 0.3 is 12.1 Å². The molecule has 5 N–H and O–H groups in total. The van der Waals surface area contributed by atoms with Crippen molar-refractivity contribution < 1.29 is 33.5 Å². The lowest BCUT2D eigenvalue weighted by atomic mass is 9.93. The van der Waals surface area contributed by atoms with E-state index >= 15 is 0 Å². The Balaban J connectivity index is 1.36. The summed E-state index contributed by atoms with van der Waals surface area (Å²) in [4.78, 5) is 82.4. The van der Waals surface area contributed by atoms with Crippen molar-refractivity contribution in [3.8, 4) is 0 Å². The number of ketones is 1. The average molecular weight is 721 g/mol. The van der Waals surface area contributed by atoms with Crippen LogP contribution in [-0.4, -0.2) is 90.4 Å². The Labute approximate surface area is 306 Å². The van der Waals surface area contributed by atoms with E-state index in [0.717, 1.165) is 24.0 Å². The summed E-state index contributed by atoms with van der Waals surface area (Å²) in [6.45, 7) is 15.6. The maximum atomic E-state index is 14.8. The van der Waals surface area contributed by atoms with Gasteiger partial charge in [-0.3, -0.25) is 19.2 Å². The molecule has 2 saturated carbocycles. The van der Waals surface area contributed by atoms with Crippen LogP contribution >= 0.6 is 0 Å². The lowest BCUT2D eigenvalue weighted by Gasteiger charge is -2.35. The molecule has 4 aliphatic rings. The molecule has 13 heteroatoms. The summed E-state index contributed by atoms with van der Waals surface area (Å²) in [7, 11) is 0. The summed E-state index contributed by atoms with van der Waals surface area (Å²) in [5, 5.41) is 14.0. The predicted octanol–water partition coefficient (Wildman–Crippen LogP) is 2.87. The molecule has 1 aromatic rings. The molecule has 1 aliphatic heterocycles. The molecule has 6 atom stereocenters. The molecular weight excluding hydrogens is 664 g/mol. The monoisotopic (exact) mass is 720 g/mol. The quantitative estimate of drug-likeness (QED) is 0.129. The van der Waals surface area contributed by atoms with E-state index < -0.39 is 53.9 Å². The third-order valence-electron chi connectivity index (χ3n) is 11.3. The highest BCUT2D eigenvalue weighted by molar-refractivity contribution is 6.38. The van der Waals surface area contributed by atoms with Crippen molar-refractivity contribution in [2.45, 2.75) is 104 Å². The maximum absolute atomic E-state index is 14.8. The van der Waals surface area contributed by atoms with E-state index in [-0.39, 0.29) is 60.1 Å². The van der Waals surface area contributed by atoms with Crippen molar-refractivity contribution in [2.75, 3.05) is 19.7 Å². The normalized spacial score (nSPS) is 23.1. The highest BCUT2D eigenvalue weighted by Gasteiger charge is 2.70. The first-order chi connectivity index (χ1) is 24.6. The highest BCUT2D eigenvalue weighted by Crippen LogP contribution is 2.65. The maximum Gasteiger partial charge on any atom is 0.407 e. The average Bonchev–Trinajstić information content (AvgIpc) is 3.84. The zero-order chi connectivity index (χ0) is 37.9. The topological polar surface area (TPSA) is 175 Å². The summed E-state index contributed by atoms with van der Waals surface area (Å²) >= 11 is 0.